The summed E-state index contributed by atoms with van der Waals surface area (Å²) in [5, 5.41) is 3.27. The molecule has 0 aliphatic heterocycles. The third kappa shape index (κ3) is 2.87. The maximum absolute atomic E-state index is 13.0. The van der Waals surface area contributed by atoms with Crippen molar-refractivity contribution < 1.29 is 8.81 Å². The van der Waals surface area contributed by atoms with E-state index in [0.29, 0.717) is 12.3 Å². The number of benzene rings is 1. The first-order chi connectivity index (χ1) is 8.20. The van der Waals surface area contributed by atoms with E-state index in [0.717, 1.165) is 17.9 Å². The predicted molar refractivity (Wildman–Crippen MR) is 66.5 cm³/mol. The lowest BCUT2D eigenvalue weighted by atomic mass is 10.2. The summed E-state index contributed by atoms with van der Waals surface area (Å²) in [4.78, 5) is 0. The third-order valence-electron chi connectivity index (χ3n) is 2.42. The molecule has 2 rings (SSSR count). The van der Waals surface area contributed by atoms with Crippen LogP contribution in [0, 0.1) is 5.82 Å². The van der Waals surface area contributed by atoms with Crippen LogP contribution in [0.25, 0.3) is 11.3 Å². The molecule has 0 saturated heterocycles. The fourth-order valence-electron chi connectivity index (χ4n) is 1.53. The van der Waals surface area contributed by atoms with Crippen molar-refractivity contribution in [3.05, 3.63) is 46.9 Å². The van der Waals surface area contributed by atoms with Crippen LogP contribution < -0.4 is 5.32 Å². The predicted octanol–water partition coefficient (Wildman–Crippen LogP) is 3.85. The fourth-order valence-corrected chi connectivity index (χ4v) is 1.71. The standard InChI is InChI=1S/C13H13ClFNO/c1-2-16-8-10-4-6-13(17-10)9-3-5-12(15)11(14)7-9/h3-7,16H,2,8H2,1H3. The summed E-state index contributed by atoms with van der Waals surface area (Å²) >= 11 is 5.73. The highest BCUT2D eigenvalue weighted by Gasteiger charge is 2.07. The van der Waals surface area contributed by atoms with E-state index in [9.17, 15) is 4.39 Å². The van der Waals surface area contributed by atoms with Gasteiger partial charge in [-0.05, 0) is 36.9 Å². The zero-order chi connectivity index (χ0) is 12.3. The maximum atomic E-state index is 13.0. The molecule has 0 spiro atoms. The summed E-state index contributed by atoms with van der Waals surface area (Å²) in [7, 11) is 0. The second kappa shape index (κ2) is 5.34. The summed E-state index contributed by atoms with van der Waals surface area (Å²) in [5.41, 5.74) is 0.777. The van der Waals surface area contributed by atoms with E-state index >= 15 is 0 Å². The van der Waals surface area contributed by atoms with Gasteiger partial charge in [-0.1, -0.05) is 18.5 Å². The fraction of sp³-hybridized carbons (Fsp3) is 0.231. The van der Waals surface area contributed by atoms with Crippen molar-refractivity contribution in [2.45, 2.75) is 13.5 Å². The molecule has 0 bridgehead atoms. The Morgan fingerprint density at radius 3 is 2.82 bits per heavy atom. The Bertz CT molecular complexity index is 510. The van der Waals surface area contributed by atoms with Crippen molar-refractivity contribution in [3.63, 3.8) is 0 Å². The summed E-state index contributed by atoms with van der Waals surface area (Å²) in [6, 6.07) is 8.31. The number of rotatable bonds is 4. The maximum Gasteiger partial charge on any atom is 0.141 e. The van der Waals surface area contributed by atoms with E-state index < -0.39 is 5.82 Å². The molecule has 1 N–H and O–H groups in total. The molecular weight excluding hydrogens is 241 g/mol. The van der Waals surface area contributed by atoms with Gasteiger partial charge < -0.3 is 9.73 Å². The molecule has 0 fully saturated rings. The topological polar surface area (TPSA) is 25.2 Å². The molecule has 90 valence electrons. The molecule has 0 radical (unpaired) electrons. The van der Waals surface area contributed by atoms with Crippen LogP contribution in [0.4, 0.5) is 4.39 Å². The summed E-state index contributed by atoms with van der Waals surface area (Å²) in [6.45, 7) is 3.60. The van der Waals surface area contributed by atoms with Gasteiger partial charge in [0.1, 0.15) is 17.3 Å². The van der Waals surface area contributed by atoms with Gasteiger partial charge in [-0.3, -0.25) is 0 Å². The highest BCUT2D eigenvalue weighted by atomic mass is 35.5. The van der Waals surface area contributed by atoms with Crippen LogP contribution in [0.1, 0.15) is 12.7 Å². The quantitative estimate of drug-likeness (QED) is 0.895. The van der Waals surface area contributed by atoms with E-state index in [2.05, 4.69) is 5.32 Å². The van der Waals surface area contributed by atoms with Gasteiger partial charge in [0.25, 0.3) is 0 Å². The van der Waals surface area contributed by atoms with Crippen molar-refractivity contribution in [2.24, 2.45) is 0 Å². The Balaban J connectivity index is 2.21. The van der Waals surface area contributed by atoms with Crippen LogP contribution in [-0.4, -0.2) is 6.54 Å². The van der Waals surface area contributed by atoms with Crippen molar-refractivity contribution in [2.75, 3.05) is 6.54 Å². The molecule has 2 aromatic rings. The van der Waals surface area contributed by atoms with Gasteiger partial charge >= 0.3 is 0 Å². The van der Waals surface area contributed by atoms with Crippen LogP contribution in [0.15, 0.2) is 34.7 Å². The molecule has 0 unspecified atom stereocenters. The Labute approximate surface area is 104 Å². The molecule has 4 heteroatoms. The van der Waals surface area contributed by atoms with Crippen molar-refractivity contribution in [3.8, 4) is 11.3 Å². The Morgan fingerprint density at radius 1 is 1.29 bits per heavy atom. The number of hydrogen-bond donors (Lipinski definition) is 1. The molecular formula is C13H13ClFNO. The monoisotopic (exact) mass is 253 g/mol. The summed E-state index contributed by atoms with van der Waals surface area (Å²) in [6.07, 6.45) is 0. The largest absolute Gasteiger partial charge is 0.460 e. The van der Waals surface area contributed by atoms with E-state index in [1.165, 1.54) is 6.07 Å². The first-order valence-electron chi connectivity index (χ1n) is 5.45. The minimum Gasteiger partial charge on any atom is -0.460 e. The number of halogens is 2. The number of nitrogens with one attached hydrogen (secondary N) is 1. The molecule has 0 saturated carbocycles. The molecule has 1 heterocycles. The Kier molecular flexibility index (Phi) is 3.82. The third-order valence-corrected chi connectivity index (χ3v) is 2.70. The Morgan fingerprint density at radius 2 is 2.12 bits per heavy atom. The van der Waals surface area contributed by atoms with Crippen LogP contribution in [-0.2, 0) is 6.54 Å². The SMILES string of the molecule is CCNCc1ccc(-c2ccc(F)c(Cl)c2)o1. The second-order valence-electron chi connectivity index (χ2n) is 3.68. The first-order valence-corrected chi connectivity index (χ1v) is 5.83. The van der Waals surface area contributed by atoms with Gasteiger partial charge in [-0.2, -0.15) is 0 Å². The lowest BCUT2D eigenvalue weighted by molar-refractivity contribution is 0.498. The van der Waals surface area contributed by atoms with Crippen molar-refractivity contribution >= 4 is 11.6 Å². The zero-order valence-corrected chi connectivity index (χ0v) is 10.2. The lowest BCUT2D eigenvalue weighted by Gasteiger charge is -2.00. The molecule has 1 aromatic heterocycles. The van der Waals surface area contributed by atoms with E-state index in [4.69, 9.17) is 16.0 Å². The van der Waals surface area contributed by atoms with Crippen LogP contribution in [0.5, 0.6) is 0 Å². The average Bonchev–Trinajstić information content (AvgIpc) is 2.79. The van der Waals surface area contributed by atoms with Crippen LogP contribution >= 0.6 is 11.6 Å². The molecule has 2 nitrogen and oxygen atoms in total. The first kappa shape index (κ1) is 12.1. The lowest BCUT2D eigenvalue weighted by Crippen LogP contribution is -2.10. The second-order valence-corrected chi connectivity index (χ2v) is 4.08. The van der Waals surface area contributed by atoms with E-state index in [1.807, 2.05) is 19.1 Å². The molecule has 0 amide bonds. The Hall–Kier alpha value is -1.32. The molecule has 17 heavy (non-hydrogen) atoms. The van der Waals surface area contributed by atoms with Crippen molar-refractivity contribution in [1.29, 1.82) is 0 Å². The summed E-state index contributed by atoms with van der Waals surface area (Å²) < 4.78 is 18.6. The number of hydrogen-bond acceptors (Lipinski definition) is 2. The minimum atomic E-state index is -0.421. The molecule has 0 aliphatic rings. The van der Waals surface area contributed by atoms with E-state index in [-0.39, 0.29) is 5.02 Å². The van der Waals surface area contributed by atoms with Crippen molar-refractivity contribution in [1.82, 2.24) is 5.32 Å². The average molecular weight is 254 g/mol. The highest BCUT2D eigenvalue weighted by Crippen LogP contribution is 2.26. The molecule has 0 atom stereocenters. The summed E-state index contributed by atoms with van der Waals surface area (Å²) in [5.74, 6) is 1.12. The highest BCUT2D eigenvalue weighted by molar-refractivity contribution is 6.31. The van der Waals surface area contributed by atoms with Crippen LogP contribution in [0.3, 0.4) is 0 Å². The molecule has 0 aliphatic carbocycles. The van der Waals surface area contributed by atoms with E-state index in [1.54, 1.807) is 12.1 Å². The molecule has 1 aromatic carbocycles. The minimum absolute atomic E-state index is 0.104. The zero-order valence-electron chi connectivity index (χ0n) is 9.47. The van der Waals surface area contributed by atoms with Gasteiger partial charge in [-0.15, -0.1) is 0 Å². The van der Waals surface area contributed by atoms with Gasteiger partial charge in [0.2, 0.25) is 0 Å². The van der Waals surface area contributed by atoms with Gasteiger partial charge in [0.15, 0.2) is 0 Å². The normalized spacial score (nSPS) is 10.8. The van der Waals surface area contributed by atoms with Gasteiger partial charge in [-0.25, -0.2) is 4.39 Å². The van der Waals surface area contributed by atoms with Gasteiger partial charge in [0.05, 0.1) is 11.6 Å². The number of furan rings is 1. The van der Waals surface area contributed by atoms with Crippen LogP contribution in [0.2, 0.25) is 5.02 Å². The van der Waals surface area contributed by atoms with Gasteiger partial charge in [0, 0.05) is 5.56 Å². The smallest absolute Gasteiger partial charge is 0.141 e.